The summed E-state index contributed by atoms with van der Waals surface area (Å²) in [7, 11) is 0. The number of carbonyl (C=O) groups excluding carboxylic acids is 1. The first-order valence-electron chi connectivity index (χ1n) is 7.51. The maximum atomic E-state index is 11.8. The van der Waals surface area contributed by atoms with Gasteiger partial charge in [-0.3, -0.25) is 4.79 Å². The highest BCUT2D eigenvalue weighted by molar-refractivity contribution is 6.01. The fraction of sp³-hybridized carbons (Fsp3) is 0.222. The first-order valence-corrected chi connectivity index (χ1v) is 7.51. The third-order valence-corrected chi connectivity index (χ3v) is 3.67. The number of aromatic amines is 1. The van der Waals surface area contributed by atoms with Crippen molar-refractivity contribution in [2.75, 3.05) is 5.32 Å². The van der Waals surface area contributed by atoms with Crippen molar-refractivity contribution < 1.29 is 4.79 Å². The molecule has 2 heterocycles. The van der Waals surface area contributed by atoms with Gasteiger partial charge < -0.3 is 10.3 Å². The number of aromatic nitrogens is 2. The number of rotatable bonds is 4. The summed E-state index contributed by atoms with van der Waals surface area (Å²) in [5.74, 6) is 0.0316. The van der Waals surface area contributed by atoms with Crippen LogP contribution in [0.3, 0.4) is 0 Å². The Morgan fingerprint density at radius 3 is 2.73 bits per heavy atom. The number of benzene rings is 1. The molecule has 0 saturated carbocycles. The maximum Gasteiger partial charge on any atom is 0.224 e. The predicted molar refractivity (Wildman–Crippen MR) is 89.8 cm³/mol. The number of hydrogen-bond acceptors (Lipinski definition) is 2. The summed E-state index contributed by atoms with van der Waals surface area (Å²) in [6.07, 6.45) is 5.00. The van der Waals surface area contributed by atoms with Crippen molar-refractivity contribution >= 4 is 22.6 Å². The largest absolute Gasteiger partial charge is 0.344 e. The normalized spacial score (nSPS) is 10.8. The highest BCUT2D eigenvalue weighted by atomic mass is 16.1. The van der Waals surface area contributed by atoms with Crippen LogP contribution in [0.5, 0.6) is 0 Å². The molecule has 0 aliphatic heterocycles. The minimum absolute atomic E-state index is 0.0316. The van der Waals surface area contributed by atoms with E-state index < -0.39 is 0 Å². The van der Waals surface area contributed by atoms with Crippen LogP contribution < -0.4 is 5.32 Å². The molecule has 0 unspecified atom stereocenters. The number of amides is 1. The van der Waals surface area contributed by atoms with Gasteiger partial charge in [-0.05, 0) is 25.0 Å². The van der Waals surface area contributed by atoms with Crippen LogP contribution >= 0.6 is 0 Å². The van der Waals surface area contributed by atoms with Gasteiger partial charge in [0.25, 0.3) is 0 Å². The Labute approximate surface area is 129 Å². The van der Waals surface area contributed by atoms with E-state index in [2.05, 4.69) is 52.5 Å². The van der Waals surface area contributed by atoms with Crippen molar-refractivity contribution in [2.45, 2.75) is 26.7 Å². The summed E-state index contributed by atoms with van der Waals surface area (Å²) < 4.78 is 0. The quantitative estimate of drug-likeness (QED) is 0.754. The lowest BCUT2D eigenvalue weighted by molar-refractivity contribution is -0.116. The van der Waals surface area contributed by atoms with E-state index in [1.54, 1.807) is 6.20 Å². The number of aryl methyl sites for hydroxylation is 1. The number of pyridine rings is 1. The summed E-state index contributed by atoms with van der Waals surface area (Å²) in [6.45, 7) is 4.06. The van der Waals surface area contributed by atoms with E-state index in [4.69, 9.17) is 0 Å². The first kappa shape index (κ1) is 14.3. The molecular weight excluding hydrogens is 274 g/mol. The van der Waals surface area contributed by atoms with Gasteiger partial charge in [-0.15, -0.1) is 0 Å². The molecule has 0 spiro atoms. The van der Waals surface area contributed by atoms with Gasteiger partial charge in [-0.2, -0.15) is 0 Å². The summed E-state index contributed by atoms with van der Waals surface area (Å²) >= 11 is 0. The molecule has 1 amide bonds. The Balaban J connectivity index is 1.97. The van der Waals surface area contributed by atoms with Crippen LogP contribution in [0.25, 0.3) is 22.2 Å². The zero-order valence-electron chi connectivity index (χ0n) is 12.8. The van der Waals surface area contributed by atoms with Gasteiger partial charge in [0.2, 0.25) is 5.91 Å². The molecule has 0 atom stereocenters. The SMILES string of the molecule is CCCC(=O)Nc1c[nH]c2ncc(-c3ccc(C)cc3)cc12. The van der Waals surface area contributed by atoms with E-state index in [1.807, 2.05) is 13.1 Å². The number of carbonyl (C=O) groups is 1. The molecule has 3 rings (SSSR count). The molecule has 1 aromatic carbocycles. The topological polar surface area (TPSA) is 57.8 Å². The highest BCUT2D eigenvalue weighted by Gasteiger charge is 2.09. The van der Waals surface area contributed by atoms with E-state index in [0.29, 0.717) is 6.42 Å². The van der Waals surface area contributed by atoms with Crippen LogP contribution in [0.1, 0.15) is 25.3 Å². The van der Waals surface area contributed by atoms with E-state index in [-0.39, 0.29) is 5.91 Å². The fourth-order valence-corrected chi connectivity index (χ4v) is 2.45. The van der Waals surface area contributed by atoms with E-state index in [0.717, 1.165) is 34.3 Å². The smallest absolute Gasteiger partial charge is 0.224 e. The number of fused-ring (bicyclic) bond motifs is 1. The van der Waals surface area contributed by atoms with Gasteiger partial charge in [0, 0.05) is 29.8 Å². The third kappa shape index (κ3) is 2.86. The Morgan fingerprint density at radius 1 is 1.23 bits per heavy atom. The molecule has 4 nitrogen and oxygen atoms in total. The molecule has 0 bridgehead atoms. The van der Waals surface area contributed by atoms with E-state index in [9.17, 15) is 4.79 Å². The van der Waals surface area contributed by atoms with Gasteiger partial charge in [0.05, 0.1) is 5.69 Å². The van der Waals surface area contributed by atoms with Crippen molar-refractivity contribution in [1.29, 1.82) is 0 Å². The standard InChI is InChI=1S/C18H19N3O/c1-3-4-17(22)21-16-11-20-18-15(16)9-14(10-19-18)13-7-5-12(2)6-8-13/h5-11H,3-4H2,1-2H3,(H,19,20)(H,21,22). The van der Waals surface area contributed by atoms with Crippen molar-refractivity contribution in [3.8, 4) is 11.1 Å². The Hall–Kier alpha value is -2.62. The zero-order valence-corrected chi connectivity index (χ0v) is 12.8. The van der Waals surface area contributed by atoms with Crippen molar-refractivity contribution in [3.63, 3.8) is 0 Å². The molecule has 2 aromatic heterocycles. The molecule has 3 aromatic rings. The maximum absolute atomic E-state index is 11.8. The van der Waals surface area contributed by atoms with Crippen LogP contribution in [0.15, 0.2) is 42.7 Å². The van der Waals surface area contributed by atoms with Gasteiger partial charge in [-0.25, -0.2) is 4.98 Å². The van der Waals surface area contributed by atoms with Gasteiger partial charge in [-0.1, -0.05) is 36.8 Å². The Kier molecular flexibility index (Phi) is 3.92. The molecule has 0 radical (unpaired) electrons. The fourth-order valence-electron chi connectivity index (χ4n) is 2.45. The molecule has 4 heteroatoms. The second kappa shape index (κ2) is 6.02. The first-order chi connectivity index (χ1) is 10.7. The molecule has 112 valence electrons. The van der Waals surface area contributed by atoms with E-state index in [1.165, 1.54) is 5.56 Å². The Bertz CT molecular complexity index is 803. The second-order valence-electron chi connectivity index (χ2n) is 5.49. The molecule has 0 aliphatic carbocycles. The number of nitrogens with zero attached hydrogens (tertiary/aromatic N) is 1. The lowest BCUT2D eigenvalue weighted by Gasteiger charge is -2.05. The summed E-state index contributed by atoms with van der Waals surface area (Å²) in [5.41, 5.74) is 4.95. The average Bonchev–Trinajstić information content (AvgIpc) is 2.90. The number of anilines is 1. The van der Waals surface area contributed by atoms with Gasteiger partial charge >= 0.3 is 0 Å². The van der Waals surface area contributed by atoms with Gasteiger partial charge in [0.1, 0.15) is 5.65 Å². The lowest BCUT2D eigenvalue weighted by atomic mass is 10.1. The molecule has 2 N–H and O–H groups in total. The van der Waals surface area contributed by atoms with Gasteiger partial charge in [0.15, 0.2) is 0 Å². The average molecular weight is 293 g/mol. The molecule has 0 aliphatic rings. The van der Waals surface area contributed by atoms with Crippen LogP contribution in [0.4, 0.5) is 5.69 Å². The van der Waals surface area contributed by atoms with Crippen molar-refractivity contribution in [2.24, 2.45) is 0 Å². The summed E-state index contributed by atoms with van der Waals surface area (Å²) in [6, 6.07) is 10.4. The number of hydrogen-bond donors (Lipinski definition) is 2. The lowest BCUT2D eigenvalue weighted by Crippen LogP contribution is -2.10. The molecular formula is C18H19N3O. The van der Waals surface area contributed by atoms with Crippen molar-refractivity contribution in [3.05, 3.63) is 48.3 Å². The molecule has 0 fully saturated rings. The monoisotopic (exact) mass is 293 g/mol. The van der Waals surface area contributed by atoms with Crippen LogP contribution in [-0.4, -0.2) is 15.9 Å². The summed E-state index contributed by atoms with van der Waals surface area (Å²) in [4.78, 5) is 19.3. The minimum Gasteiger partial charge on any atom is -0.344 e. The Morgan fingerprint density at radius 2 is 2.00 bits per heavy atom. The van der Waals surface area contributed by atoms with Crippen molar-refractivity contribution in [1.82, 2.24) is 9.97 Å². The zero-order chi connectivity index (χ0) is 15.5. The molecule has 22 heavy (non-hydrogen) atoms. The summed E-state index contributed by atoms with van der Waals surface area (Å²) in [5, 5.41) is 3.88. The van der Waals surface area contributed by atoms with E-state index >= 15 is 0 Å². The third-order valence-electron chi connectivity index (χ3n) is 3.67. The number of H-pyrrole nitrogens is 1. The van der Waals surface area contributed by atoms with Crippen LogP contribution in [0, 0.1) is 6.92 Å². The predicted octanol–water partition coefficient (Wildman–Crippen LogP) is 4.28. The number of nitrogens with one attached hydrogen (secondary N) is 2. The molecule has 0 saturated heterocycles. The highest BCUT2D eigenvalue weighted by Crippen LogP contribution is 2.27. The second-order valence-corrected chi connectivity index (χ2v) is 5.49. The van der Waals surface area contributed by atoms with Crippen LogP contribution in [-0.2, 0) is 4.79 Å². The van der Waals surface area contributed by atoms with Crippen LogP contribution in [0.2, 0.25) is 0 Å². The minimum atomic E-state index is 0.0316.